The van der Waals surface area contributed by atoms with Crippen molar-refractivity contribution in [3.63, 3.8) is 0 Å². The van der Waals surface area contributed by atoms with E-state index >= 15 is 0 Å². The number of carbonyl (C=O) groups excluding carboxylic acids is 2. The number of fused-ring (bicyclic) bond motifs is 4. The molecule has 9 nitrogen and oxygen atoms in total. The number of ether oxygens (including phenoxy) is 3. The van der Waals surface area contributed by atoms with Crippen molar-refractivity contribution in [3.8, 4) is 5.75 Å². The standard InChI is InChI=1S/C36H45ClN2O7S/c1-4-28-9-5-6-10-32(46-23(2)35(41)44-3)29-14-11-26(29)20-39-21-36(17-7-8-24-18-27(37)13-15-30(24)36)22-45-33-16-12-25(19-31(33)39)34(40)38-47(28,42)43/h6,10,12-13,15-16,18-19,23,26,28-29,32H,4-5,7-9,11,14,17,20-22H2,1-3H3,(H,38,40)/b10-6+/t23-,26+,28-,29-,32+,36+/m1/s1. The normalized spacial score (nSPS) is 30.0. The molecular weight excluding hydrogens is 640 g/mol. The third-order valence-electron chi connectivity index (χ3n) is 10.7. The molecule has 254 valence electrons. The molecule has 6 atom stereocenters. The molecule has 0 aromatic heterocycles. The van der Waals surface area contributed by atoms with Crippen molar-refractivity contribution >= 4 is 39.2 Å². The summed E-state index contributed by atoms with van der Waals surface area (Å²) in [5, 5.41) is -0.0219. The van der Waals surface area contributed by atoms with Crippen LogP contribution in [-0.4, -0.2) is 64.6 Å². The van der Waals surface area contributed by atoms with Gasteiger partial charge in [-0.3, -0.25) is 4.79 Å². The van der Waals surface area contributed by atoms with E-state index in [2.05, 4.69) is 21.8 Å². The minimum atomic E-state index is -3.94. The Hall–Kier alpha value is -3.08. The van der Waals surface area contributed by atoms with Gasteiger partial charge in [0.2, 0.25) is 10.0 Å². The second kappa shape index (κ2) is 13.8. The van der Waals surface area contributed by atoms with Crippen molar-refractivity contribution in [2.75, 3.05) is 31.7 Å². The van der Waals surface area contributed by atoms with Crippen LogP contribution in [0.15, 0.2) is 48.6 Å². The SMILES string of the molecule is CC[C@@H]1CC/C=C/[C@H](O[C@H](C)C(=O)OC)[C@@H]2CC[C@H]2CN2C[C@@]3(CCCc4cc(Cl)ccc43)COc3ccc(cc32)C(=O)NS1(=O)=O. The Bertz CT molecular complexity index is 1650. The van der Waals surface area contributed by atoms with E-state index in [0.29, 0.717) is 44.7 Å². The third kappa shape index (κ3) is 6.92. The molecule has 0 unspecified atom stereocenters. The number of nitrogens with zero attached hydrogens (tertiary/aromatic N) is 1. The topological polar surface area (TPSA) is 111 Å². The van der Waals surface area contributed by atoms with Gasteiger partial charge in [0.15, 0.2) is 6.10 Å². The summed E-state index contributed by atoms with van der Waals surface area (Å²) in [5.74, 6) is -0.0159. The molecule has 1 saturated carbocycles. The Labute approximate surface area is 283 Å². The number of amides is 1. The van der Waals surface area contributed by atoms with Crippen LogP contribution in [0.4, 0.5) is 5.69 Å². The number of carbonyl (C=O) groups is 2. The fraction of sp³-hybridized carbons (Fsp3) is 0.556. The maximum atomic E-state index is 13.5. The lowest BCUT2D eigenvalue weighted by atomic mass is 9.68. The van der Waals surface area contributed by atoms with E-state index in [1.807, 2.05) is 25.1 Å². The first-order chi connectivity index (χ1) is 22.5. The van der Waals surface area contributed by atoms with Crippen LogP contribution >= 0.6 is 11.6 Å². The molecule has 2 aromatic rings. The average molecular weight is 685 g/mol. The molecule has 2 aliphatic heterocycles. The molecule has 1 spiro atoms. The van der Waals surface area contributed by atoms with Gasteiger partial charge in [-0.15, -0.1) is 0 Å². The van der Waals surface area contributed by atoms with Gasteiger partial charge >= 0.3 is 5.97 Å². The Morgan fingerprint density at radius 1 is 1.19 bits per heavy atom. The zero-order valence-corrected chi connectivity index (χ0v) is 28.9. The molecule has 2 heterocycles. The van der Waals surface area contributed by atoms with Crippen LogP contribution in [0.25, 0.3) is 0 Å². The lowest BCUT2D eigenvalue weighted by molar-refractivity contribution is -0.158. The molecule has 4 aliphatic rings. The maximum absolute atomic E-state index is 13.5. The van der Waals surface area contributed by atoms with E-state index in [1.54, 1.807) is 25.1 Å². The van der Waals surface area contributed by atoms with E-state index in [-0.39, 0.29) is 28.9 Å². The maximum Gasteiger partial charge on any atom is 0.334 e. The fourth-order valence-corrected chi connectivity index (χ4v) is 9.52. The average Bonchev–Trinajstić information content (AvgIpc) is 3.18. The largest absolute Gasteiger partial charge is 0.490 e. The number of hydrogen-bond acceptors (Lipinski definition) is 8. The van der Waals surface area contributed by atoms with Crippen molar-refractivity contribution in [3.05, 3.63) is 70.3 Å². The van der Waals surface area contributed by atoms with E-state index < -0.39 is 33.3 Å². The van der Waals surface area contributed by atoms with Crippen LogP contribution in [0.5, 0.6) is 5.75 Å². The smallest absolute Gasteiger partial charge is 0.334 e. The number of anilines is 1. The fourth-order valence-electron chi connectivity index (χ4n) is 7.90. The quantitative estimate of drug-likeness (QED) is 0.310. The molecule has 2 aliphatic carbocycles. The second-order valence-electron chi connectivity index (χ2n) is 13.6. The number of rotatable bonds is 4. The highest BCUT2D eigenvalue weighted by Gasteiger charge is 2.45. The number of nitrogens with one attached hydrogen (secondary N) is 1. The van der Waals surface area contributed by atoms with Crippen LogP contribution in [0, 0.1) is 11.8 Å². The first kappa shape index (κ1) is 33.8. The zero-order valence-electron chi connectivity index (χ0n) is 27.4. The number of allylic oxidation sites excluding steroid dienone is 1. The van der Waals surface area contributed by atoms with Gasteiger partial charge in [-0.05, 0) is 112 Å². The molecule has 1 amide bonds. The Kier molecular flexibility index (Phi) is 9.93. The van der Waals surface area contributed by atoms with Gasteiger partial charge in [0.1, 0.15) is 5.75 Å². The molecule has 1 N–H and O–H groups in total. The third-order valence-corrected chi connectivity index (χ3v) is 12.8. The minimum Gasteiger partial charge on any atom is -0.490 e. The van der Waals surface area contributed by atoms with Crippen molar-refractivity contribution < 1.29 is 32.2 Å². The molecule has 1 fully saturated rings. The molecule has 2 aromatic carbocycles. The summed E-state index contributed by atoms with van der Waals surface area (Å²) in [6.07, 6.45) is 8.89. The van der Waals surface area contributed by atoms with Gasteiger partial charge in [-0.25, -0.2) is 17.9 Å². The van der Waals surface area contributed by atoms with Crippen molar-refractivity contribution in [1.29, 1.82) is 0 Å². The lowest BCUT2D eigenvalue weighted by Gasteiger charge is -2.46. The number of esters is 1. The molecule has 6 rings (SSSR count). The molecule has 0 radical (unpaired) electrons. The number of hydrogen-bond donors (Lipinski definition) is 1. The number of methoxy groups -OCH3 is 1. The van der Waals surface area contributed by atoms with Crippen molar-refractivity contribution in [2.24, 2.45) is 11.8 Å². The lowest BCUT2D eigenvalue weighted by Crippen LogP contribution is -2.50. The molecule has 2 bridgehead atoms. The summed E-state index contributed by atoms with van der Waals surface area (Å²) in [7, 11) is -2.58. The highest BCUT2D eigenvalue weighted by atomic mass is 35.5. The first-order valence-electron chi connectivity index (χ1n) is 16.8. The highest BCUT2D eigenvalue weighted by Crippen LogP contribution is 2.47. The summed E-state index contributed by atoms with van der Waals surface area (Å²) in [6.45, 7) is 5.34. The zero-order chi connectivity index (χ0) is 33.3. The van der Waals surface area contributed by atoms with Gasteiger partial charge in [0.25, 0.3) is 5.91 Å². The Morgan fingerprint density at radius 3 is 2.77 bits per heavy atom. The second-order valence-corrected chi connectivity index (χ2v) is 16.0. The highest BCUT2D eigenvalue weighted by molar-refractivity contribution is 7.90. The van der Waals surface area contributed by atoms with Crippen LogP contribution < -0.4 is 14.4 Å². The minimum absolute atomic E-state index is 0.143. The number of benzene rings is 2. The van der Waals surface area contributed by atoms with Gasteiger partial charge in [0.05, 0.1) is 30.8 Å². The Morgan fingerprint density at radius 2 is 2.02 bits per heavy atom. The van der Waals surface area contributed by atoms with Crippen LogP contribution in [0.1, 0.15) is 80.3 Å². The van der Waals surface area contributed by atoms with Gasteiger partial charge in [-0.2, -0.15) is 0 Å². The predicted molar refractivity (Wildman–Crippen MR) is 182 cm³/mol. The van der Waals surface area contributed by atoms with Crippen LogP contribution in [-0.2, 0) is 36.1 Å². The summed E-state index contributed by atoms with van der Waals surface area (Å²) in [6, 6.07) is 11.4. The van der Waals surface area contributed by atoms with Gasteiger partial charge in [-0.1, -0.05) is 36.7 Å². The molecule has 11 heteroatoms. The number of aryl methyl sites for hydroxylation is 1. The van der Waals surface area contributed by atoms with E-state index in [4.69, 9.17) is 25.8 Å². The number of sulfonamides is 1. The van der Waals surface area contributed by atoms with E-state index in [9.17, 15) is 18.0 Å². The molecular formula is C36H45ClN2O7S. The van der Waals surface area contributed by atoms with Crippen LogP contribution in [0.2, 0.25) is 5.02 Å². The van der Waals surface area contributed by atoms with Gasteiger partial charge in [0, 0.05) is 29.1 Å². The summed E-state index contributed by atoms with van der Waals surface area (Å²) in [5.41, 5.74) is 3.22. The molecule has 0 saturated heterocycles. The van der Waals surface area contributed by atoms with Crippen LogP contribution in [0.3, 0.4) is 0 Å². The van der Waals surface area contributed by atoms with Crippen molar-refractivity contribution in [1.82, 2.24) is 4.72 Å². The van der Waals surface area contributed by atoms with E-state index in [0.717, 1.165) is 42.8 Å². The van der Waals surface area contributed by atoms with Gasteiger partial charge < -0.3 is 19.1 Å². The number of halogens is 1. The molecule has 47 heavy (non-hydrogen) atoms. The summed E-state index contributed by atoms with van der Waals surface area (Å²) >= 11 is 6.43. The summed E-state index contributed by atoms with van der Waals surface area (Å²) in [4.78, 5) is 28.2. The van der Waals surface area contributed by atoms with Crippen molar-refractivity contribution in [2.45, 2.75) is 88.1 Å². The van der Waals surface area contributed by atoms with E-state index in [1.165, 1.54) is 18.2 Å². The summed E-state index contributed by atoms with van der Waals surface area (Å²) < 4.78 is 47.0. The monoisotopic (exact) mass is 684 g/mol. The predicted octanol–water partition coefficient (Wildman–Crippen LogP) is 5.97. The Balaban J connectivity index is 1.42. The first-order valence-corrected chi connectivity index (χ1v) is 18.7.